The molecule has 24 heavy (non-hydrogen) atoms. The van der Waals surface area contributed by atoms with Gasteiger partial charge in [0.25, 0.3) is 5.56 Å². The fourth-order valence-corrected chi connectivity index (χ4v) is 2.96. The van der Waals surface area contributed by atoms with Crippen LogP contribution in [0.5, 0.6) is 0 Å². The zero-order chi connectivity index (χ0) is 17.3. The minimum absolute atomic E-state index is 0.00344. The number of nitriles is 1. The molecule has 2 aromatic heterocycles. The van der Waals surface area contributed by atoms with E-state index in [1.807, 2.05) is 50.4 Å². The normalized spacial score (nSPS) is 10.6. The molecular formula is C17H14N4O2S. The molecule has 0 atom stereocenters. The van der Waals surface area contributed by atoms with Crippen LogP contribution < -0.4 is 5.56 Å². The number of thioether (sulfide) groups is 1. The van der Waals surface area contributed by atoms with E-state index in [2.05, 4.69) is 15.1 Å². The number of hydrogen-bond donors (Lipinski definition) is 1. The summed E-state index contributed by atoms with van der Waals surface area (Å²) in [6.45, 7) is 3.72. The van der Waals surface area contributed by atoms with Gasteiger partial charge >= 0.3 is 0 Å². The highest BCUT2D eigenvalue weighted by molar-refractivity contribution is 7.98. The third-order valence-corrected chi connectivity index (χ3v) is 4.24. The van der Waals surface area contributed by atoms with Crippen molar-refractivity contribution in [2.24, 2.45) is 0 Å². The molecular weight excluding hydrogens is 324 g/mol. The average Bonchev–Trinajstić information content (AvgIpc) is 2.92. The van der Waals surface area contributed by atoms with E-state index in [1.54, 1.807) is 0 Å². The van der Waals surface area contributed by atoms with Crippen LogP contribution in [0.1, 0.15) is 17.0 Å². The van der Waals surface area contributed by atoms with Crippen molar-refractivity contribution in [3.8, 4) is 28.5 Å². The van der Waals surface area contributed by atoms with Crippen molar-refractivity contribution < 1.29 is 4.52 Å². The minimum Gasteiger partial charge on any atom is -0.361 e. The van der Waals surface area contributed by atoms with Crippen molar-refractivity contribution in [2.45, 2.75) is 19.0 Å². The molecule has 0 aliphatic carbocycles. The number of nitrogens with zero attached hydrogens (tertiary/aromatic N) is 3. The first-order valence-electron chi connectivity index (χ1n) is 7.17. The Hall–Kier alpha value is -2.85. The zero-order valence-electron chi connectivity index (χ0n) is 13.4. The number of H-pyrrole nitrogens is 1. The summed E-state index contributed by atoms with van der Waals surface area (Å²) in [6.07, 6.45) is 1.81. The molecule has 0 radical (unpaired) electrons. The van der Waals surface area contributed by atoms with Crippen LogP contribution in [0.3, 0.4) is 0 Å². The lowest BCUT2D eigenvalue weighted by Gasteiger charge is -2.07. The molecule has 0 saturated carbocycles. The molecule has 0 amide bonds. The predicted molar refractivity (Wildman–Crippen MR) is 91.8 cm³/mol. The maximum Gasteiger partial charge on any atom is 0.270 e. The monoisotopic (exact) mass is 338 g/mol. The van der Waals surface area contributed by atoms with Crippen LogP contribution in [-0.4, -0.2) is 21.4 Å². The van der Waals surface area contributed by atoms with Gasteiger partial charge < -0.3 is 9.51 Å². The second-order valence-corrected chi connectivity index (χ2v) is 5.99. The Morgan fingerprint density at radius 2 is 2.04 bits per heavy atom. The maximum atomic E-state index is 12.1. The van der Waals surface area contributed by atoms with Crippen molar-refractivity contribution in [1.29, 1.82) is 5.26 Å². The Bertz CT molecular complexity index is 995. The van der Waals surface area contributed by atoms with Gasteiger partial charge in [-0.15, -0.1) is 0 Å². The highest BCUT2D eigenvalue weighted by atomic mass is 32.2. The van der Waals surface area contributed by atoms with Crippen LogP contribution in [0.25, 0.3) is 22.4 Å². The number of aromatic amines is 1. The maximum absolute atomic E-state index is 12.1. The van der Waals surface area contributed by atoms with Gasteiger partial charge in [-0.3, -0.25) is 4.79 Å². The fourth-order valence-electron chi connectivity index (χ4n) is 2.58. The van der Waals surface area contributed by atoms with Gasteiger partial charge in [0.1, 0.15) is 17.4 Å². The summed E-state index contributed by atoms with van der Waals surface area (Å²) in [5.74, 6) is 0.717. The first-order valence-corrected chi connectivity index (χ1v) is 8.39. The standard InChI is InChI=1S/C17H14N4O2S/c1-9-14(10(2)23-21-9)11-5-4-6-12(7-11)15-13(8-18)16(22)20-17(19-15)24-3/h4-7H,1-3H3,(H,19,20,22). The first kappa shape index (κ1) is 16.0. The third-order valence-electron chi connectivity index (χ3n) is 3.66. The molecule has 1 aromatic carbocycles. The number of hydrogen-bond acceptors (Lipinski definition) is 6. The Kier molecular flexibility index (Phi) is 4.23. The number of aromatic nitrogens is 3. The second-order valence-electron chi connectivity index (χ2n) is 5.19. The molecule has 0 saturated heterocycles. The molecule has 6 nitrogen and oxygen atoms in total. The van der Waals surface area contributed by atoms with Crippen LogP contribution in [-0.2, 0) is 0 Å². The predicted octanol–water partition coefficient (Wildman–Crippen LogP) is 3.30. The Balaban J connectivity index is 2.23. The molecule has 0 spiro atoms. The van der Waals surface area contributed by atoms with Gasteiger partial charge in [0.15, 0.2) is 5.16 Å². The number of nitrogens with one attached hydrogen (secondary N) is 1. The van der Waals surface area contributed by atoms with Crippen molar-refractivity contribution in [3.63, 3.8) is 0 Å². The molecule has 3 aromatic rings. The lowest BCUT2D eigenvalue weighted by atomic mass is 9.99. The summed E-state index contributed by atoms with van der Waals surface area (Å²) in [7, 11) is 0. The lowest BCUT2D eigenvalue weighted by Crippen LogP contribution is -2.14. The lowest BCUT2D eigenvalue weighted by molar-refractivity contribution is 0.393. The number of benzene rings is 1. The summed E-state index contributed by atoms with van der Waals surface area (Å²) < 4.78 is 5.22. The molecule has 0 bridgehead atoms. The summed E-state index contributed by atoms with van der Waals surface area (Å²) >= 11 is 1.32. The molecule has 120 valence electrons. The molecule has 3 rings (SSSR count). The van der Waals surface area contributed by atoms with Crippen molar-refractivity contribution >= 4 is 11.8 Å². The molecule has 2 heterocycles. The van der Waals surface area contributed by atoms with E-state index >= 15 is 0 Å². The van der Waals surface area contributed by atoms with E-state index in [4.69, 9.17) is 4.52 Å². The van der Waals surface area contributed by atoms with Crippen LogP contribution in [0, 0.1) is 25.2 Å². The molecule has 0 aliphatic rings. The van der Waals surface area contributed by atoms with E-state index < -0.39 is 5.56 Å². The van der Waals surface area contributed by atoms with Crippen molar-refractivity contribution in [1.82, 2.24) is 15.1 Å². The van der Waals surface area contributed by atoms with Crippen molar-refractivity contribution in [2.75, 3.05) is 6.26 Å². The van der Waals surface area contributed by atoms with Crippen molar-refractivity contribution in [3.05, 3.63) is 51.6 Å². The third kappa shape index (κ3) is 2.72. The number of rotatable bonds is 3. The van der Waals surface area contributed by atoms with Crippen LogP contribution in [0.2, 0.25) is 0 Å². The van der Waals surface area contributed by atoms with Crippen LogP contribution in [0.15, 0.2) is 38.7 Å². The minimum atomic E-state index is -0.436. The van der Waals surface area contributed by atoms with Gasteiger partial charge in [0.2, 0.25) is 0 Å². The van der Waals surface area contributed by atoms with Gasteiger partial charge in [0, 0.05) is 11.1 Å². The fraction of sp³-hybridized carbons (Fsp3) is 0.176. The highest BCUT2D eigenvalue weighted by Crippen LogP contribution is 2.30. The largest absolute Gasteiger partial charge is 0.361 e. The SMILES string of the molecule is CSc1nc(-c2cccc(-c3c(C)noc3C)c2)c(C#N)c(=O)[nH]1. The molecule has 0 aliphatic heterocycles. The molecule has 0 unspecified atom stereocenters. The average molecular weight is 338 g/mol. The second kappa shape index (κ2) is 6.34. The van der Waals surface area contributed by atoms with E-state index in [9.17, 15) is 10.1 Å². The first-order chi connectivity index (χ1) is 11.5. The quantitative estimate of drug-likeness (QED) is 0.581. The van der Waals surface area contributed by atoms with Crippen LogP contribution >= 0.6 is 11.8 Å². The van der Waals surface area contributed by atoms with E-state index in [0.717, 1.165) is 16.8 Å². The van der Waals surface area contributed by atoms with Gasteiger partial charge in [0.05, 0.1) is 11.4 Å². The topological polar surface area (TPSA) is 95.6 Å². The summed E-state index contributed by atoms with van der Waals surface area (Å²) in [5.41, 5.74) is 3.24. The molecule has 7 heteroatoms. The van der Waals surface area contributed by atoms with Crippen LogP contribution in [0.4, 0.5) is 0 Å². The van der Waals surface area contributed by atoms with E-state index in [-0.39, 0.29) is 5.56 Å². The molecule has 0 fully saturated rings. The summed E-state index contributed by atoms with van der Waals surface area (Å²) in [5, 5.41) is 13.8. The Morgan fingerprint density at radius 1 is 1.29 bits per heavy atom. The number of aryl methyl sites for hydroxylation is 2. The van der Waals surface area contributed by atoms with E-state index in [1.165, 1.54) is 11.8 Å². The summed E-state index contributed by atoms with van der Waals surface area (Å²) in [4.78, 5) is 19.1. The Labute approximate surface area is 142 Å². The van der Waals surface area contributed by atoms with Gasteiger partial charge in [-0.25, -0.2) is 4.98 Å². The smallest absolute Gasteiger partial charge is 0.270 e. The molecule has 1 N–H and O–H groups in total. The zero-order valence-corrected chi connectivity index (χ0v) is 14.2. The van der Waals surface area contributed by atoms with E-state index in [0.29, 0.717) is 22.2 Å². The van der Waals surface area contributed by atoms with Gasteiger partial charge in [-0.05, 0) is 31.7 Å². The van der Waals surface area contributed by atoms with Gasteiger partial charge in [-0.2, -0.15) is 5.26 Å². The Morgan fingerprint density at radius 3 is 2.67 bits per heavy atom. The highest BCUT2D eigenvalue weighted by Gasteiger charge is 2.16. The van der Waals surface area contributed by atoms with Gasteiger partial charge in [-0.1, -0.05) is 35.1 Å². The summed E-state index contributed by atoms with van der Waals surface area (Å²) in [6, 6.07) is 9.46.